The summed E-state index contributed by atoms with van der Waals surface area (Å²) < 4.78 is 0. The van der Waals surface area contributed by atoms with E-state index in [4.69, 9.17) is 20.4 Å². The maximum absolute atomic E-state index is 9.63. The van der Waals surface area contributed by atoms with E-state index in [1.165, 1.54) is 0 Å². The molecule has 0 aliphatic heterocycles. The third-order valence-electron chi connectivity index (χ3n) is 1.39. The molecule has 0 aromatic carbocycles. The van der Waals surface area contributed by atoms with E-state index in [9.17, 15) is 39.6 Å². The quantitative estimate of drug-likeness (QED) is 0.317. The van der Waals surface area contributed by atoms with Crippen molar-refractivity contribution in [1.29, 1.82) is 0 Å². The minimum absolute atomic E-state index is 0. The zero-order valence-corrected chi connectivity index (χ0v) is 16.3. The van der Waals surface area contributed by atoms with Crippen molar-refractivity contribution in [2.24, 2.45) is 0 Å². The van der Waals surface area contributed by atoms with Crippen LogP contribution >= 0.6 is 0 Å². The normalized spacial score (nSPS) is 13.1. The molecule has 144 valence electrons. The molecule has 0 heterocycles. The Labute approximate surface area is 162 Å². The van der Waals surface area contributed by atoms with Crippen LogP contribution in [0.1, 0.15) is 27.7 Å². The van der Waals surface area contributed by atoms with E-state index < -0.39 is 48.3 Å². The summed E-state index contributed by atoms with van der Waals surface area (Å²) in [6, 6.07) is 0. The van der Waals surface area contributed by atoms with Gasteiger partial charge in [0.25, 0.3) is 23.9 Å². The summed E-state index contributed by atoms with van der Waals surface area (Å²) in [6.45, 7) is 4.34. The standard InChI is InChI=1S/4C3H5O3.Zr/c4*1-2(4)3(5)6;/h4*2H,1H3,(H,5,6);/q4*-1;+4. The first kappa shape index (κ1) is 34.8. The molecular formula is C12H20O12Zr. The fraction of sp³-hybridized carbons (Fsp3) is 0.667. The molecule has 4 atom stereocenters. The third-order valence-corrected chi connectivity index (χ3v) is 1.39. The molecule has 0 radical (unpaired) electrons. The molecule has 0 amide bonds. The van der Waals surface area contributed by atoms with E-state index in [2.05, 4.69) is 0 Å². The first-order valence-corrected chi connectivity index (χ1v) is 6.12. The van der Waals surface area contributed by atoms with Crippen LogP contribution in [0.25, 0.3) is 0 Å². The van der Waals surface area contributed by atoms with E-state index in [0.717, 1.165) is 27.7 Å². The first-order chi connectivity index (χ1) is 10.6. The van der Waals surface area contributed by atoms with Crippen molar-refractivity contribution < 1.29 is 86.2 Å². The largest absolute Gasteiger partial charge is 4.00 e. The maximum Gasteiger partial charge on any atom is 4.00 e. The molecule has 0 saturated heterocycles. The minimum Gasteiger partial charge on any atom is -0.844 e. The Balaban J connectivity index is -0.0000000702. The molecule has 0 rings (SSSR count). The molecular weight excluding hydrogens is 427 g/mol. The number of carboxylic acid groups (broad SMARTS) is 4. The van der Waals surface area contributed by atoms with Crippen molar-refractivity contribution in [2.45, 2.75) is 52.1 Å². The molecule has 0 saturated carbocycles. The van der Waals surface area contributed by atoms with Crippen LogP contribution in [0.5, 0.6) is 0 Å². The third kappa shape index (κ3) is 45.0. The van der Waals surface area contributed by atoms with Crippen LogP contribution in [-0.4, -0.2) is 68.7 Å². The van der Waals surface area contributed by atoms with Gasteiger partial charge in [-0.2, -0.15) is 0 Å². The van der Waals surface area contributed by atoms with Crippen LogP contribution < -0.4 is 20.4 Å². The van der Waals surface area contributed by atoms with Gasteiger partial charge in [-0.15, -0.1) is 0 Å². The number of hydrogen-bond acceptors (Lipinski definition) is 8. The molecule has 25 heavy (non-hydrogen) atoms. The molecule has 0 aromatic rings. The van der Waals surface area contributed by atoms with Crippen molar-refractivity contribution in [1.82, 2.24) is 0 Å². The zero-order valence-electron chi connectivity index (χ0n) is 13.9. The number of aliphatic carboxylic acids is 4. The van der Waals surface area contributed by atoms with Crippen LogP contribution in [0.2, 0.25) is 0 Å². The average Bonchev–Trinajstić information content (AvgIpc) is 2.40. The van der Waals surface area contributed by atoms with E-state index in [1.54, 1.807) is 0 Å². The van der Waals surface area contributed by atoms with Crippen molar-refractivity contribution in [2.75, 3.05) is 0 Å². The molecule has 4 N–H and O–H groups in total. The van der Waals surface area contributed by atoms with Crippen molar-refractivity contribution >= 4 is 23.9 Å². The van der Waals surface area contributed by atoms with Crippen molar-refractivity contribution in [3.05, 3.63) is 0 Å². The monoisotopic (exact) mass is 446 g/mol. The Hall–Kier alpha value is -1.40. The Morgan fingerprint density at radius 1 is 0.520 bits per heavy atom. The van der Waals surface area contributed by atoms with Gasteiger partial charge in [-0.05, 0) is 24.4 Å². The van der Waals surface area contributed by atoms with Gasteiger partial charge in [-0.1, -0.05) is 27.7 Å². The van der Waals surface area contributed by atoms with E-state index in [-0.39, 0.29) is 26.2 Å². The predicted octanol–water partition coefficient (Wildman–Crippen LogP) is -4.72. The second-order valence-corrected chi connectivity index (χ2v) is 3.92. The van der Waals surface area contributed by atoms with Crippen molar-refractivity contribution in [3.63, 3.8) is 0 Å². The minimum atomic E-state index is -1.48. The average molecular weight is 448 g/mol. The van der Waals surface area contributed by atoms with Crippen LogP contribution in [-0.2, 0) is 45.4 Å². The van der Waals surface area contributed by atoms with Crippen LogP contribution in [0.15, 0.2) is 0 Å². The van der Waals surface area contributed by atoms with Gasteiger partial charge >= 0.3 is 26.2 Å². The zero-order chi connectivity index (χ0) is 20.6. The Morgan fingerprint density at radius 3 is 0.560 bits per heavy atom. The van der Waals surface area contributed by atoms with Gasteiger partial charge in [-0.25, -0.2) is 0 Å². The molecule has 12 nitrogen and oxygen atoms in total. The van der Waals surface area contributed by atoms with Gasteiger partial charge in [0.15, 0.2) is 0 Å². The summed E-state index contributed by atoms with van der Waals surface area (Å²) in [4.78, 5) is 37.5. The van der Waals surface area contributed by atoms with Gasteiger partial charge in [0.1, 0.15) is 0 Å². The van der Waals surface area contributed by atoms with Crippen molar-refractivity contribution in [3.8, 4) is 0 Å². The maximum atomic E-state index is 9.63. The summed E-state index contributed by atoms with van der Waals surface area (Å²) in [5.74, 6) is -5.19. The van der Waals surface area contributed by atoms with Gasteiger partial charge in [-0.3, -0.25) is 19.2 Å². The van der Waals surface area contributed by atoms with Crippen LogP contribution in [0.4, 0.5) is 0 Å². The van der Waals surface area contributed by atoms with Gasteiger partial charge in [0, 0.05) is 0 Å². The van der Waals surface area contributed by atoms with Gasteiger partial charge in [0.2, 0.25) is 0 Å². The fourth-order valence-corrected chi connectivity index (χ4v) is 0. The summed E-state index contributed by atoms with van der Waals surface area (Å²) in [6.07, 6.45) is -5.93. The molecule has 0 fully saturated rings. The Kier molecular flexibility index (Phi) is 28.8. The smallest absolute Gasteiger partial charge is 0.844 e. The number of carbonyl (C=O) groups is 4. The number of rotatable bonds is 4. The Bertz CT molecular complexity index is 306. The van der Waals surface area contributed by atoms with Gasteiger partial charge in [0.05, 0.1) is 0 Å². The number of hydrogen-bond donors (Lipinski definition) is 4. The van der Waals surface area contributed by atoms with E-state index in [0.29, 0.717) is 0 Å². The summed E-state index contributed by atoms with van der Waals surface area (Å²) in [5, 5.41) is 69.2. The fourth-order valence-electron chi connectivity index (χ4n) is 0. The van der Waals surface area contributed by atoms with Crippen LogP contribution in [0.3, 0.4) is 0 Å². The SMILES string of the molecule is CC([O-])C(=O)O.CC([O-])C(=O)O.CC([O-])C(=O)O.CC([O-])C(=O)O.[Zr+4]. The molecule has 4 unspecified atom stereocenters. The summed E-state index contributed by atoms with van der Waals surface area (Å²) >= 11 is 0. The predicted molar refractivity (Wildman–Crippen MR) is 68.4 cm³/mol. The molecule has 0 aliphatic rings. The second-order valence-electron chi connectivity index (χ2n) is 3.92. The van der Waals surface area contributed by atoms with Crippen LogP contribution in [0, 0.1) is 0 Å². The van der Waals surface area contributed by atoms with E-state index in [1.807, 2.05) is 0 Å². The molecule has 0 spiro atoms. The first-order valence-electron chi connectivity index (χ1n) is 6.12. The summed E-state index contributed by atoms with van der Waals surface area (Å²) in [5.41, 5.74) is 0. The van der Waals surface area contributed by atoms with E-state index >= 15 is 0 Å². The molecule has 13 heteroatoms. The molecule has 0 bridgehead atoms. The van der Waals surface area contributed by atoms with Gasteiger partial charge < -0.3 is 40.9 Å². The Morgan fingerprint density at radius 2 is 0.560 bits per heavy atom. The molecule has 0 aliphatic carbocycles. The number of carboxylic acids is 4. The molecule has 0 aromatic heterocycles. The summed E-state index contributed by atoms with van der Waals surface area (Å²) in [7, 11) is 0. The second kappa shape index (κ2) is 20.6. The topological polar surface area (TPSA) is 241 Å².